The van der Waals surface area contributed by atoms with E-state index in [0.29, 0.717) is 25.2 Å². The number of hydrogen-bond donors (Lipinski definition) is 3. The van der Waals surface area contributed by atoms with Gasteiger partial charge in [-0.05, 0) is 47.0 Å². The fourth-order valence-electron chi connectivity index (χ4n) is 1.34. The zero-order valence-corrected chi connectivity index (χ0v) is 13.0. The summed E-state index contributed by atoms with van der Waals surface area (Å²) in [5.41, 5.74) is 4.91. The van der Waals surface area contributed by atoms with Crippen LogP contribution in [0.2, 0.25) is 0 Å². The Morgan fingerprint density at radius 1 is 1.33 bits per heavy atom. The van der Waals surface area contributed by atoms with Crippen LogP contribution in [0.25, 0.3) is 0 Å². The maximum atomic E-state index is 11.5. The van der Waals surface area contributed by atoms with E-state index in [9.17, 15) is 9.59 Å². The van der Waals surface area contributed by atoms with Crippen molar-refractivity contribution in [1.29, 1.82) is 0 Å². The van der Waals surface area contributed by atoms with Crippen molar-refractivity contribution in [3.05, 3.63) is 0 Å². The molecule has 0 amide bonds. The molecule has 21 heavy (non-hydrogen) atoms. The molecule has 122 valence electrons. The number of ether oxygens (including phenoxy) is 2. The van der Waals surface area contributed by atoms with Gasteiger partial charge in [0, 0.05) is 6.54 Å². The molecule has 0 heterocycles. The molecule has 8 heteroatoms. The van der Waals surface area contributed by atoms with Crippen molar-refractivity contribution in [2.45, 2.75) is 58.6 Å². The lowest BCUT2D eigenvalue weighted by Gasteiger charge is -2.19. The van der Waals surface area contributed by atoms with E-state index in [4.69, 9.17) is 15.7 Å². The molecule has 0 rings (SSSR count). The summed E-state index contributed by atoms with van der Waals surface area (Å²) < 4.78 is 9.36. The highest BCUT2D eigenvalue weighted by Crippen LogP contribution is 2.09. The molecule has 0 fully saturated rings. The highest BCUT2D eigenvalue weighted by atomic mass is 16.7. The van der Waals surface area contributed by atoms with E-state index in [2.05, 4.69) is 15.2 Å². The van der Waals surface area contributed by atoms with E-state index in [-0.39, 0.29) is 0 Å². The number of carbonyl (C=O) groups is 2. The first-order chi connectivity index (χ1) is 9.65. The van der Waals surface area contributed by atoms with Crippen molar-refractivity contribution in [2.24, 2.45) is 10.9 Å². The molecule has 0 aromatic heterocycles. The first-order valence-electron chi connectivity index (χ1n) is 6.78. The lowest BCUT2D eigenvalue weighted by molar-refractivity contribution is -0.143. The zero-order chi connectivity index (χ0) is 16.5. The molecular formula is C13H25N3O5. The Kier molecular flexibility index (Phi) is 8.37. The van der Waals surface area contributed by atoms with Gasteiger partial charge in [0.05, 0.1) is 0 Å². The molecule has 0 aliphatic rings. The van der Waals surface area contributed by atoms with Gasteiger partial charge in [0.2, 0.25) is 0 Å². The molecule has 0 aromatic carbocycles. The van der Waals surface area contributed by atoms with E-state index in [1.54, 1.807) is 27.7 Å². The van der Waals surface area contributed by atoms with E-state index in [1.807, 2.05) is 0 Å². The summed E-state index contributed by atoms with van der Waals surface area (Å²) in [4.78, 5) is 22.8. The lowest BCUT2D eigenvalue weighted by Crippen LogP contribution is -2.35. The van der Waals surface area contributed by atoms with E-state index < -0.39 is 23.8 Å². The number of carbonyl (C=O) groups excluding carboxylic acids is 2. The quantitative estimate of drug-likeness (QED) is 0.129. The van der Waals surface area contributed by atoms with Crippen LogP contribution in [0.3, 0.4) is 0 Å². The van der Waals surface area contributed by atoms with Crippen LogP contribution >= 0.6 is 0 Å². The number of oxime groups is 1. The highest BCUT2D eigenvalue weighted by Gasteiger charge is 2.23. The van der Waals surface area contributed by atoms with Crippen molar-refractivity contribution < 1.29 is 24.3 Å². The summed E-state index contributed by atoms with van der Waals surface area (Å²) in [6.45, 7) is 7.24. The summed E-state index contributed by atoms with van der Waals surface area (Å²) in [6.07, 6.45) is 0.745. The Balaban J connectivity index is 3.88. The molecule has 8 nitrogen and oxygen atoms in total. The molecular weight excluding hydrogens is 278 g/mol. The number of nitrogens with zero attached hydrogens (tertiary/aromatic N) is 1. The number of amidine groups is 1. The third-order valence-electron chi connectivity index (χ3n) is 2.35. The van der Waals surface area contributed by atoms with Gasteiger partial charge in [-0.15, -0.1) is 0 Å². The van der Waals surface area contributed by atoms with Gasteiger partial charge in [0.1, 0.15) is 17.5 Å². The second kappa shape index (κ2) is 9.17. The molecule has 1 atom stereocenters. The van der Waals surface area contributed by atoms with E-state index >= 15 is 0 Å². The standard InChI is InChI=1S/C13H25N3O5/c1-9(16-19)15-8-6-5-7-10(14)11(17)20-12(18)21-13(2,3)4/h10,19H,5-8,14H2,1-4H3,(H,15,16)/t10-/m0/s1. The molecule has 0 aliphatic heterocycles. The van der Waals surface area contributed by atoms with E-state index in [1.165, 1.54) is 0 Å². The van der Waals surface area contributed by atoms with Gasteiger partial charge >= 0.3 is 12.1 Å². The largest absolute Gasteiger partial charge is 0.516 e. The molecule has 0 saturated carbocycles. The summed E-state index contributed by atoms with van der Waals surface area (Å²) >= 11 is 0. The minimum Gasteiger partial charge on any atom is -0.428 e. The van der Waals surface area contributed by atoms with Crippen molar-refractivity contribution in [3.63, 3.8) is 0 Å². The first kappa shape index (κ1) is 19.2. The zero-order valence-electron chi connectivity index (χ0n) is 13.0. The maximum Gasteiger partial charge on any atom is 0.516 e. The Bertz CT molecular complexity index is 376. The Morgan fingerprint density at radius 2 is 1.95 bits per heavy atom. The second-order valence-electron chi connectivity index (χ2n) is 5.60. The lowest BCUT2D eigenvalue weighted by atomic mass is 10.1. The third-order valence-corrected chi connectivity index (χ3v) is 2.35. The van der Waals surface area contributed by atoms with Gasteiger partial charge in [0.15, 0.2) is 0 Å². The van der Waals surface area contributed by atoms with Crippen LogP contribution in [0, 0.1) is 0 Å². The van der Waals surface area contributed by atoms with Crippen molar-refractivity contribution in [1.82, 2.24) is 5.32 Å². The van der Waals surface area contributed by atoms with Crippen molar-refractivity contribution in [3.8, 4) is 0 Å². The van der Waals surface area contributed by atoms with Crippen LogP contribution in [0.5, 0.6) is 0 Å². The van der Waals surface area contributed by atoms with Crippen LogP contribution in [-0.2, 0) is 14.3 Å². The average molecular weight is 303 g/mol. The maximum absolute atomic E-state index is 11.5. The van der Waals surface area contributed by atoms with Crippen LogP contribution in [0.4, 0.5) is 4.79 Å². The number of esters is 1. The molecule has 0 spiro atoms. The number of nitrogens with two attached hydrogens (primary N) is 1. The number of rotatable bonds is 6. The highest BCUT2D eigenvalue weighted by molar-refractivity contribution is 5.85. The third kappa shape index (κ3) is 10.6. The predicted octanol–water partition coefficient (Wildman–Crippen LogP) is 1.36. The number of nitrogens with one attached hydrogen (secondary N) is 1. The molecule has 0 aromatic rings. The van der Waals surface area contributed by atoms with Crippen molar-refractivity contribution in [2.75, 3.05) is 6.54 Å². The summed E-state index contributed by atoms with van der Waals surface area (Å²) in [5, 5.41) is 14.2. The fraction of sp³-hybridized carbons (Fsp3) is 0.769. The number of hydrogen-bond acceptors (Lipinski definition) is 7. The van der Waals surface area contributed by atoms with Gasteiger partial charge in [-0.2, -0.15) is 0 Å². The van der Waals surface area contributed by atoms with Gasteiger partial charge in [-0.3, -0.25) is 0 Å². The van der Waals surface area contributed by atoms with Crippen LogP contribution in [0.1, 0.15) is 47.0 Å². The second-order valence-corrected chi connectivity index (χ2v) is 5.60. The average Bonchev–Trinajstić information content (AvgIpc) is 2.35. The minimum absolute atomic E-state index is 0.388. The summed E-state index contributed by atoms with van der Waals surface area (Å²) in [7, 11) is 0. The van der Waals surface area contributed by atoms with Gasteiger partial charge < -0.3 is 25.7 Å². The molecule has 0 saturated heterocycles. The SMILES string of the molecule is CC(=NO)NCCCC[C@H](N)C(=O)OC(=O)OC(C)(C)C. The Hall–Kier alpha value is -1.83. The molecule has 4 N–H and O–H groups in total. The normalized spacial score (nSPS) is 13.5. The summed E-state index contributed by atoms with van der Waals surface area (Å²) in [5.74, 6) is -0.381. The molecule has 0 bridgehead atoms. The smallest absolute Gasteiger partial charge is 0.428 e. The Morgan fingerprint density at radius 3 is 2.48 bits per heavy atom. The fourth-order valence-corrected chi connectivity index (χ4v) is 1.34. The predicted molar refractivity (Wildman–Crippen MR) is 77.1 cm³/mol. The van der Waals surface area contributed by atoms with Gasteiger partial charge in [-0.25, -0.2) is 9.59 Å². The molecule has 0 aliphatic carbocycles. The monoisotopic (exact) mass is 303 g/mol. The van der Waals surface area contributed by atoms with Crippen molar-refractivity contribution >= 4 is 18.0 Å². The number of unbranched alkanes of at least 4 members (excludes halogenated alkanes) is 1. The van der Waals surface area contributed by atoms with Crippen LogP contribution in [0.15, 0.2) is 5.16 Å². The molecule has 0 unspecified atom stereocenters. The first-order valence-corrected chi connectivity index (χ1v) is 6.78. The minimum atomic E-state index is -1.04. The summed E-state index contributed by atoms with van der Waals surface area (Å²) in [6, 6.07) is -0.870. The van der Waals surface area contributed by atoms with E-state index in [0.717, 1.165) is 6.42 Å². The van der Waals surface area contributed by atoms with Gasteiger partial charge in [0.25, 0.3) is 0 Å². The van der Waals surface area contributed by atoms with Crippen LogP contribution in [-0.4, -0.2) is 41.4 Å². The van der Waals surface area contributed by atoms with Gasteiger partial charge in [-0.1, -0.05) is 5.16 Å². The van der Waals surface area contributed by atoms with Crippen LogP contribution < -0.4 is 11.1 Å². The molecule has 0 radical (unpaired) electrons. The topological polar surface area (TPSA) is 123 Å². The Labute approximate surface area is 124 Å².